The molecule has 0 fully saturated rings. The van der Waals surface area contributed by atoms with Crippen LogP contribution in [0.4, 0.5) is 6.01 Å². The lowest BCUT2D eigenvalue weighted by Gasteiger charge is -2.06. The van der Waals surface area contributed by atoms with Crippen LogP contribution in [0.1, 0.15) is 12.6 Å². The molecule has 13 heavy (non-hydrogen) atoms. The van der Waals surface area contributed by atoms with Gasteiger partial charge >= 0.3 is 6.01 Å². The average molecular weight is 184 g/mol. The number of nitrogens with one attached hydrogen (secondary N) is 1. The van der Waals surface area contributed by atoms with Crippen molar-refractivity contribution in [3.05, 3.63) is 12.0 Å². The van der Waals surface area contributed by atoms with Crippen molar-refractivity contribution in [2.24, 2.45) is 0 Å². The van der Waals surface area contributed by atoms with E-state index in [2.05, 4.69) is 10.3 Å². The highest BCUT2D eigenvalue weighted by Gasteiger charge is 2.13. The van der Waals surface area contributed by atoms with Gasteiger partial charge in [0, 0.05) is 7.11 Å². The molecule has 1 aromatic heterocycles. The van der Waals surface area contributed by atoms with Crippen LogP contribution in [0.5, 0.6) is 0 Å². The van der Waals surface area contributed by atoms with E-state index in [0.29, 0.717) is 0 Å². The molecule has 1 heterocycles. The van der Waals surface area contributed by atoms with Crippen LogP contribution in [0.2, 0.25) is 0 Å². The second kappa shape index (κ2) is 4.04. The van der Waals surface area contributed by atoms with Gasteiger partial charge in [-0.05, 0) is 13.8 Å². The van der Waals surface area contributed by atoms with Gasteiger partial charge < -0.3 is 9.15 Å². The van der Waals surface area contributed by atoms with Crippen molar-refractivity contribution in [2.75, 3.05) is 12.4 Å². The standard InChI is InChI=1S/C8H12N2O3/c1-5-4-13-8(9-5)10-7(11)6(2)12-3/h4,6H,1-3H3,(H,9,10,11). The molecule has 1 aromatic rings. The molecule has 1 amide bonds. The fourth-order valence-electron chi connectivity index (χ4n) is 0.725. The van der Waals surface area contributed by atoms with Crippen LogP contribution in [0.3, 0.4) is 0 Å². The largest absolute Gasteiger partial charge is 0.432 e. The summed E-state index contributed by atoms with van der Waals surface area (Å²) in [6.07, 6.45) is 0.958. The van der Waals surface area contributed by atoms with Gasteiger partial charge in [-0.2, -0.15) is 4.98 Å². The topological polar surface area (TPSA) is 64.4 Å². The van der Waals surface area contributed by atoms with Crippen LogP contribution in [0.25, 0.3) is 0 Å². The first-order chi connectivity index (χ1) is 6.13. The van der Waals surface area contributed by atoms with Gasteiger partial charge in [0.05, 0.1) is 5.69 Å². The van der Waals surface area contributed by atoms with Crippen molar-refractivity contribution in [2.45, 2.75) is 20.0 Å². The maximum atomic E-state index is 11.2. The van der Waals surface area contributed by atoms with Gasteiger partial charge in [-0.15, -0.1) is 0 Å². The molecule has 72 valence electrons. The zero-order chi connectivity index (χ0) is 9.84. The van der Waals surface area contributed by atoms with Crippen LogP contribution in [0, 0.1) is 6.92 Å². The number of hydrogen-bond donors (Lipinski definition) is 1. The lowest BCUT2D eigenvalue weighted by molar-refractivity contribution is -0.124. The SMILES string of the molecule is COC(C)C(=O)Nc1nc(C)co1. The van der Waals surface area contributed by atoms with E-state index in [0.717, 1.165) is 5.69 Å². The number of methoxy groups -OCH3 is 1. The molecular weight excluding hydrogens is 172 g/mol. The Kier molecular flexibility index (Phi) is 3.02. The second-order valence-corrected chi connectivity index (χ2v) is 2.66. The Bertz CT molecular complexity index is 295. The highest BCUT2D eigenvalue weighted by atomic mass is 16.5. The third-order valence-corrected chi connectivity index (χ3v) is 1.57. The van der Waals surface area contributed by atoms with Gasteiger partial charge in [0.15, 0.2) is 0 Å². The number of carbonyl (C=O) groups is 1. The van der Waals surface area contributed by atoms with Crippen molar-refractivity contribution >= 4 is 11.9 Å². The quantitative estimate of drug-likeness (QED) is 0.759. The lowest BCUT2D eigenvalue weighted by atomic mass is 10.4. The van der Waals surface area contributed by atoms with Crippen molar-refractivity contribution in [1.82, 2.24) is 4.98 Å². The van der Waals surface area contributed by atoms with Gasteiger partial charge in [-0.25, -0.2) is 0 Å². The Morgan fingerprint density at radius 2 is 2.46 bits per heavy atom. The number of ether oxygens (including phenoxy) is 1. The first-order valence-corrected chi connectivity index (χ1v) is 3.89. The maximum Gasteiger partial charge on any atom is 0.301 e. The molecule has 0 aromatic carbocycles. The van der Waals surface area contributed by atoms with Crippen LogP contribution in [-0.2, 0) is 9.53 Å². The minimum Gasteiger partial charge on any atom is -0.432 e. The predicted octanol–water partition coefficient (Wildman–Crippen LogP) is 0.956. The van der Waals surface area contributed by atoms with Gasteiger partial charge in [-0.3, -0.25) is 10.1 Å². The van der Waals surface area contributed by atoms with Crippen molar-refractivity contribution < 1.29 is 13.9 Å². The molecular formula is C8H12N2O3. The number of hydrogen-bond acceptors (Lipinski definition) is 4. The third kappa shape index (κ3) is 2.55. The van der Waals surface area contributed by atoms with E-state index in [1.165, 1.54) is 13.4 Å². The third-order valence-electron chi connectivity index (χ3n) is 1.57. The summed E-state index contributed by atoms with van der Waals surface area (Å²) in [6, 6.07) is 0.200. The predicted molar refractivity (Wildman–Crippen MR) is 46.3 cm³/mol. The Morgan fingerprint density at radius 3 is 2.92 bits per heavy atom. The Hall–Kier alpha value is -1.36. The zero-order valence-electron chi connectivity index (χ0n) is 7.83. The molecule has 0 radical (unpaired) electrons. The van der Waals surface area contributed by atoms with E-state index in [9.17, 15) is 4.79 Å². The summed E-state index contributed by atoms with van der Waals surface area (Å²) < 4.78 is 9.74. The smallest absolute Gasteiger partial charge is 0.301 e. The highest BCUT2D eigenvalue weighted by Crippen LogP contribution is 2.06. The molecule has 0 saturated carbocycles. The summed E-state index contributed by atoms with van der Waals surface area (Å²) in [7, 11) is 1.46. The molecule has 1 atom stereocenters. The maximum absolute atomic E-state index is 11.2. The normalized spacial score (nSPS) is 12.5. The molecule has 0 aliphatic rings. The summed E-state index contributed by atoms with van der Waals surface area (Å²) in [5, 5.41) is 2.47. The average Bonchev–Trinajstić information content (AvgIpc) is 2.49. The lowest BCUT2D eigenvalue weighted by Crippen LogP contribution is -2.26. The molecule has 0 spiro atoms. The number of aromatic nitrogens is 1. The van der Waals surface area contributed by atoms with Crippen LogP contribution < -0.4 is 5.32 Å². The van der Waals surface area contributed by atoms with Gasteiger partial charge in [0.2, 0.25) is 0 Å². The number of nitrogens with zero attached hydrogens (tertiary/aromatic N) is 1. The van der Waals surface area contributed by atoms with Gasteiger partial charge in [-0.1, -0.05) is 0 Å². The fourth-order valence-corrected chi connectivity index (χ4v) is 0.725. The first-order valence-electron chi connectivity index (χ1n) is 3.89. The van der Waals surface area contributed by atoms with E-state index in [-0.39, 0.29) is 11.9 Å². The van der Waals surface area contributed by atoms with E-state index < -0.39 is 6.10 Å². The highest BCUT2D eigenvalue weighted by molar-refractivity contribution is 5.91. The van der Waals surface area contributed by atoms with Crippen molar-refractivity contribution in [3.8, 4) is 0 Å². The van der Waals surface area contributed by atoms with E-state index in [1.54, 1.807) is 13.8 Å². The number of amides is 1. The Morgan fingerprint density at radius 1 is 1.77 bits per heavy atom. The minimum atomic E-state index is -0.507. The zero-order valence-corrected chi connectivity index (χ0v) is 7.83. The van der Waals surface area contributed by atoms with Crippen molar-refractivity contribution in [3.63, 3.8) is 0 Å². The van der Waals surface area contributed by atoms with E-state index in [1.807, 2.05) is 0 Å². The number of rotatable bonds is 3. The van der Waals surface area contributed by atoms with Crippen molar-refractivity contribution in [1.29, 1.82) is 0 Å². The molecule has 0 aliphatic heterocycles. The van der Waals surface area contributed by atoms with Crippen LogP contribution >= 0.6 is 0 Å². The fraction of sp³-hybridized carbons (Fsp3) is 0.500. The van der Waals surface area contributed by atoms with E-state index >= 15 is 0 Å². The Labute approximate surface area is 76.1 Å². The molecule has 0 aliphatic carbocycles. The molecule has 1 N–H and O–H groups in total. The summed E-state index contributed by atoms with van der Waals surface area (Å²) in [4.78, 5) is 15.1. The van der Waals surface area contributed by atoms with Gasteiger partial charge in [0.25, 0.3) is 5.91 Å². The molecule has 1 rings (SSSR count). The van der Waals surface area contributed by atoms with Crippen LogP contribution in [0.15, 0.2) is 10.7 Å². The minimum absolute atomic E-state index is 0.200. The summed E-state index contributed by atoms with van der Waals surface area (Å²) >= 11 is 0. The summed E-state index contributed by atoms with van der Waals surface area (Å²) in [5.74, 6) is -0.274. The Balaban J connectivity index is 2.54. The summed E-state index contributed by atoms with van der Waals surface area (Å²) in [6.45, 7) is 3.42. The number of anilines is 1. The second-order valence-electron chi connectivity index (χ2n) is 2.66. The number of aryl methyl sites for hydroxylation is 1. The molecule has 1 unspecified atom stereocenters. The van der Waals surface area contributed by atoms with Gasteiger partial charge in [0.1, 0.15) is 12.4 Å². The molecule has 5 heteroatoms. The number of oxazole rings is 1. The van der Waals surface area contributed by atoms with E-state index in [4.69, 9.17) is 9.15 Å². The summed E-state index contributed by atoms with van der Waals surface area (Å²) in [5.41, 5.74) is 0.723. The molecule has 5 nitrogen and oxygen atoms in total. The number of carbonyl (C=O) groups excluding carboxylic acids is 1. The molecule has 0 bridgehead atoms. The van der Waals surface area contributed by atoms with Crippen LogP contribution in [-0.4, -0.2) is 24.1 Å². The first kappa shape index (κ1) is 9.73. The monoisotopic (exact) mass is 184 g/mol. The molecule has 0 saturated heterocycles.